The highest BCUT2D eigenvalue weighted by Gasteiger charge is 2.60. The first-order valence-electron chi connectivity index (χ1n) is 13.8. The Labute approximate surface area is 199 Å². The van der Waals surface area contributed by atoms with Crippen molar-refractivity contribution in [1.82, 2.24) is 0 Å². The molecular formula is C28H50O3S. The van der Waals surface area contributed by atoms with Crippen molar-refractivity contribution in [3.63, 3.8) is 0 Å². The Morgan fingerprint density at radius 1 is 0.875 bits per heavy atom. The maximum atomic E-state index is 11.7. The van der Waals surface area contributed by atoms with Crippen molar-refractivity contribution in [3.05, 3.63) is 0 Å². The molecule has 3 nitrogen and oxygen atoms in total. The lowest BCUT2D eigenvalue weighted by molar-refractivity contribution is -0.126. The van der Waals surface area contributed by atoms with Gasteiger partial charge >= 0.3 is 0 Å². The van der Waals surface area contributed by atoms with E-state index in [2.05, 4.69) is 34.6 Å². The topological polar surface area (TPSA) is 43.4 Å². The summed E-state index contributed by atoms with van der Waals surface area (Å²) in [7, 11) is -3.35. The van der Waals surface area contributed by atoms with Gasteiger partial charge in [0.1, 0.15) is 0 Å². The van der Waals surface area contributed by atoms with Crippen LogP contribution in [-0.4, -0.2) is 20.8 Å². The van der Waals surface area contributed by atoms with Gasteiger partial charge in [0.15, 0.2) is 0 Å². The summed E-state index contributed by atoms with van der Waals surface area (Å²) in [6, 6.07) is 0. The smallest absolute Gasteiger partial charge is 0.264 e. The Balaban J connectivity index is 1.43. The van der Waals surface area contributed by atoms with Crippen LogP contribution in [0.2, 0.25) is 0 Å². The standard InChI is InChI=1S/C28H50O3S/c1-19(2)8-7-9-20(3)24-12-13-25-23-11-10-21-18-22(31-32(6,29)30)14-16-27(21,4)26(23)15-17-28(24,25)5/h19-26H,7-18H2,1-6H3/t20?,21?,22?,23?,24?,25?,26?,27-,28+/m0/s1. The highest BCUT2D eigenvalue weighted by molar-refractivity contribution is 7.86. The molecule has 4 aliphatic carbocycles. The van der Waals surface area contributed by atoms with E-state index in [0.717, 1.165) is 54.8 Å². The summed E-state index contributed by atoms with van der Waals surface area (Å²) in [6.45, 7) is 12.5. The zero-order valence-electron chi connectivity index (χ0n) is 21.7. The number of rotatable bonds is 7. The van der Waals surface area contributed by atoms with Crippen molar-refractivity contribution in [3.8, 4) is 0 Å². The summed E-state index contributed by atoms with van der Waals surface area (Å²) >= 11 is 0. The SMILES string of the molecule is CC(C)CCCC(C)C1CCC2C3CCC4CC(OS(C)(=O)=O)CC[C@]4(C)C3CC[C@]12C. The summed E-state index contributed by atoms with van der Waals surface area (Å²) in [5.41, 5.74) is 0.945. The van der Waals surface area contributed by atoms with E-state index in [1.54, 1.807) is 0 Å². The van der Waals surface area contributed by atoms with Gasteiger partial charge in [0.05, 0.1) is 12.4 Å². The quantitative estimate of drug-likeness (QED) is 0.366. The third kappa shape index (κ3) is 4.70. The zero-order chi connectivity index (χ0) is 23.3. The molecule has 7 unspecified atom stereocenters. The zero-order valence-corrected chi connectivity index (χ0v) is 22.6. The third-order valence-electron chi connectivity index (χ3n) is 11.1. The van der Waals surface area contributed by atoms with Gasteiger partial charge in [-0.15, -0.1) is 0 Å². The molecule has 4 saturated carbocycles. The molecule has 0 aromatic heterocycles. The minimum absolute atomic E-state index is 0.0870. The first kappa shape index (κ1) is 25.0. The molecule has 0 aliphatic heterocycles. The fourth-order valence-electron chi connectivity index (χ4n) is 9.58. The van der Waals surface area contributed by atoms with Crippen LogP contribution in [-0.2, 0) is 14.3 Å². The molecule has 4 fully saturated rings. The molecule has 0 bridgehead atoms. The lowest BCUT2D eigenvalue weighted by Crippen LogP contribution is -2.54. The summed E-state index contributed by atoms with van der Waals surface area (Å²) in [5, 5.41) is 0. The van der Waals surface area contributed by atoms with Gasteiger partial charge in [-0.1, -0.05) is 53.9 Å². The van der Waals surface area contributed by atoms with E-state index in [9.17, 15) is 8.42 Å². The van der Waals surface area contributed by atoms with E-state index in [4.69, 9.17) is 4.18 Å². The summed E-state index contributed by atoms with van der Waals surface area (Å²) < 4.78 is 28.8. The van der Waals surface area contributed by atoms with Crippen molar-refractivity contribution in [1.29, 1.82) is 0 Å². The molecule has 4 aliphatic rings. The molecule has 32 heavy (non-hydrogen) atoms. The van der Waals surface area contributed by atoms with E-state index < -0.39 is 10.1 Å². The fourth-order valence-corrected chi connectivity index (χ4v) is 10.2. The molecule has 0 amide bonds. The van der Waals surface area contributed by atoms with Gasteiger partial charge in [-0.3, -0.25) is 4.18 Å². The fraction of sp³-hybridized carbons (Fsp3) is 1.00. The molecule has 9 atom stereocenters. The normalized spacial score (nSPS) is 45.2. The monoisotopic (exact) mass is 466 g/mol. The average Bonchev–Trinajstić information content (AvgIpc) is 3.04. The van der Waals surface area contributed by atoms with Crippen LogP contribution in [0.3, 0.4) is 0 Å². The van der Waals surface area contributed by atoms with Crippen LogP contribution in [0.15, 0.2) is 0 Å². The molecule has 4 heteroatoms. The van der Waals surface area contributed by atoms with Crippen LogP contribution >= 0.6 is 0 Å². The molecule has 4 rings (SSSR count). The van der Waals surface area contributed by atoms with Gasteiger partial charge in [0, 0.05) is 0 Å². The molecule has 0 heterocycles. The minimum atomic E-state index is -3.35. The molecule has 0 radical (unpaired) electrons. The summed E-state index contributed by atoms with van der Waals surface area (Å²) in [6.07, 6.45) is 16.7. The lowest BCUT2D eigenvalue weighted by Gasteiger charge is -2.61. The molecule has 186 valence electrons. The average molecular weight is 467 g/mol. The highest BCUT2D eigenvalue weighted by Crippen LogP contribution is 2.68. The number of hydrogen-bond acceptors (Lipinski definition) is 3. The lowest BCUT2D eigenvalue weighted by atomic mass is 9.44. The first-order chi connectivity index (χ1) is 14.9. The van der Waals surface area contributed by atoms with Crippen molar-refractivity contribution in [2.75, 3.05) is 6.26 Å². The van der Waals surface area contributed by atoms with Crippen LogP contribution < -0.4 is 0 Å². The van der Waals surface area contributed by atoms with Gasteiger partial charge < -0.3 is 0 Å². The van der Waals surface area contributed by atoms with Gasteiger partial charge in [-0.2, -0.15) is 8.42 Å². The van der Waals surface area contributed by atoms with Crippen molar-refractivity contribution in [2.24, 2.45) is 52.3 Å². The Hall–Kier alpha value is -0.0900. The van der Waals surface area contributed by atoms with Crippen molar-refractivity contribution in [2.45, 2.75) is 118 Å². The molecule has 0 aromatic carbocycles. The van der Waals surface area contributed by atoms with Crippen LogP contribution in [0.1, 0.15) is 112 Å². The highest BCUT2D eigenvalue weighted by atomic mass is 32.2. The molecule has 0 saturated heterocycles. The Bertz CT molecular complexity index is 761. The van der Waals surface area contributed by atoms with Crippen LogP contribution in [0.25, 0.3) is 0 Å². The second kappa shape index (κ2) is 9.17. The second-order valence-electron chi connectivity index (χ2n) is 13.4. The van der Waals surface area contributed by atoms with E-state index >= 15 is 0 Å². The Kier molecular flexibility index (Phi) is 7.17. The van der Waals surface area contributed by atoms with Crippen LogP contribution in [0, 0.1) is 52.3 Å². The maximum Gasteiger partial charge on any atom is 0.264 e. The van der Waals surface area contributed by atoms with Crippen LogP contribution in [0.5, 0.6) is 0 Å². The molecule has 0 spiro atoms. The molecular weight excluding hydrogens is 416 g/mol. The van der Waals surface area contributed by atoms with E-state index in [-0.39, 0.29) is 6.10 Å². The van der Waals surface area contributed by atoms with Gasteiger partial charge in [0.2, 0.25) is 0 Å². The van der Waals surface area contributed by atoms with E-state index in [1.807, 2.05) is 0 Å². The summed E-state index contributed by atoms with van der Waals surface area (Å²) in [4.78, 5) is 0. The second-order valence-corrected chi connectivity index (χ2v) is 15.0. The molecule has 0 N–H and O–H groups in total. The predicted molar refractivity (Wildman–Crippen MR) is 133 cm³/mol. The van der Waals surface area contributed by atoms with E-state index in [0.29, 0.717) is 16.7 Å². The van der Waals surface area contributed by atoms with Gasteiger partial charge in [0.25, 0.3) is 10.1 Å². The number of hydrogen-bond donors (Lipinski definition) is 0. The maximum absolute atomic E-state index is 11.7. The largest absolute Gasteiger partial charge is 0.267 e. The summed E-state index contributed by atoms with van der Waals surface area (Å²) in [5.74, 6) is 5.92. The van der Waals surface area contributed by atoms with Crippen LogP contribution in [0.4, 0.5) is 0 Å². The third-order valence-corrected chi connectivity index (χ3v) is 11.8. The van der Waals surface area contributed by atoms with Gasteiger partial charge in [-0.05, 0) is 110 Å². The van der Waals surface area contributed by atoms with E-state index in [1.165, 1.54) is 64.0 Å². The number of fused-ring (bicyclic) bond motifs is 5. The Morgan fingerprint density at radius 2 is 1.56 bits per heavy atom. The predicted octanol–water partition coefficient (Wildman–Crippen LogP) is 7.45. The molecule has 0 aromatic rings. The Morgan fingerprint density at radius 3 is 2.25 bits per heavy atom. The van der Waals surface area contributed by atoms with Crippen molar-refractivity contribution < 1.29 is 12.6 Å². The first-order valence-corrected chi connectivity index (χ1v) is 15.6. The van der Waals surface area contributed by atoms with Crippen molar-refractivity contribution >= 4 is 10.1 Å². The van der Waals surface area contributed by atoms with Gasteiger partial charge in [-0.25, -0.2) is 0 Å². The minimum Gasteiger partial charge on any atom is -0.267 e.